The maximum atomic E-state index is 13.4. The topological polar surface area (TPSA) is 70.8 Å². The number of aromatic nitrogens is 2. The molecule has 0 spiro atoms. The summed E-state index contributed by atoms with van der Waals surface area (Å²) in [5.41, 5.74) is 1.72. The van der Waals surface area contributed by atoms with Crippen molar-refractivity contribution in [2.45, 2.75) is 26.7 Å². The van der Waals surface area contributed by atoms with E-state index in [0.717, 1.165) is 5.56 Å². The number of hydrogen-bond acceptors (Lipinski definition) is 5. The zero-order valence-corrected chi connectivity index (χ0v) is 14.8. The van der Waals surface area contributed by atoms with Crippen LogP contribution < -0.4 is 5.32 Å². The monoisotopic (exact) mass is 342 g/mol. The summed E-state index contributed by atoms with van der Waals surface area (Å²) in [4.78, 5) is 8.20. The van der Waals surface area contributed by atoms with Gasteiger partial charge in [0.05, 0.1) is 17.2 Å². The molecule has 5 nitrogen and oxygen atoms in total. The average Bonchev–Trinajstić information content (AvgIpc) is 2.65. The first-order valence-electron chi connectivity index (χ1n) is 8.27. The van der Waals surface area contributed by atoms with Gasteiger partial charge in [0.1, 0.15) is 5.82 Å². The van der Waals surface area contributed by atoms with Crippen LogP contribution in [-0.2, 0) is 4.74 Å². The average molecular weight is 342 g/mol. The van der Waals surface area contributed by atoms with E-state index in [1.807, 2.05) is 32.0 Å². The van der Waals surface area contributed by atoms with Crippen molar-refractivity contribution in [2.75, 3.05) is 25.6 Å². The molecule has 25 heavy (non-hydrogen) atoms. The summed E-state index contributed by atoms with van der Waals surface area (Å²) in [6.07, 6.45) is 2.86. The van der Waals surface area contributed by atoms with Gasteiger partial charge in [0.2, 0.25) is 5.95 Å². The maximum Gasteiger partial charge on any atom is 0.213 e. The second-order valence-corrected chi connectivity index (χ2v) is 6.07. The van der Waals surface area contributed by atoms with Crippen LogP contribution in [0.4, 0.5) is 10.2 Å². The van der Waals surface area contributed by atoms with E-state index in [-0.39, 0.29) is 0 Å². The highest BCUT2D eigenvalue weighted by atomic mass is 19.1. The van der Waals surface area contributed by atoms with E-state index in [1.54, 1.807) is 7.11 Å². The molecule has 0 saturated heterocycles. The summed E-state index contributed by atoms with van der Waals surface area (Å²) in [5.74, 6) is 0.120. The van der Waals surface area contributed by atoms with Crippen molar-refractivity contribution in [1.29, 1.82) is 5.26 Å². The Labute approximate surface area is 147 Å². The van der Waals surface area contributed by atoms with Crippen LogP contribution in [0, 0.1) is 29.6 Å². The number of nitrogens with zero attached hydrogens (tertiary/aromatic N) is 3. The van der Waals surface area contributed by atoms with Gasteiger partial charge in [0.15, 0.2) is 0 Å². The Morgan fingerprint density at radius 1 is 1.40 bits per heavy atom. The van der Waals surface area contributed by atoms with Crippen LogP contribution in [0.5, 0.6) is 0 Å². The number of halogens is 1. The number of aryl methyl sites for hydroxylation is 1. The van der Waals surface area contributed by atoms with E-state index in [2.05, 4.69) is 21.4 Å². The van der Waals surface area contributed by atoms with Crippen molar-refractivity contribution in [3.05, 3.63) is 42.0 Å². The van der Waals surface area contributed by atoms with Gasteiger partial charge >= 0.3 is 0 Å². The van der Waals surface area contributed by atoms with Gasteiger partial charge in [-0.3, -0.25) is 0 Å². The predicted molar refractivity (Wildman–Crippen MR) is 95.5 cm³/mol. The van der Waals surface area contributed by atoms with E-state index in [9.17, 15) is 9.65 Å². The van der Waals surface area contributed by atoms with Crippen molar-refractivity contribution in [1.82, 2.24) is 9.97 Å². The first-order valence-corrected chi connectivity index (χ1v) is 8.27. The molecule has 2 aromatic heterocycles. The van der Waals surface area contributed by atoms with Crippen LogP contribution in [0.3, 0.4) is 0 Å². The van der Waals surface area contributed by atoms with Crippen molar-refractivity contribution in [2.24, 2.45) is 5.41 Å². The fraction of sp³-hybridized carbons (Fsp3) is 0.421. The molecule has 6 heteroatoms. The minimum atomic E-state index is -0.533. The minimum Gasteiger partial charge on any atom is -0.385 e. The third kappa shape index (κ3) is 4.74. The van der Waals surface area contributed by atoms with Crippen LogP contribution in [0.25, 0.3) is 11.3 Å². The quantitative estimate of drug-likeness (QED) is 0.735. The number of pyridine rings is 2. The van der Waals surface area contributed by atoms with Gasteiger partial charge < -0.3 is 10.1 Å². The fourth-order valence-corrected chi connectivity index (χ4v) is 2.58. The number of nitriles is 1. The molecule has 0 aromatic carbocycles. The van der Waals surface area contributed by atoms with Gasteiger partial charge in [-0.1, -0.05) is 13.0 Å². The van der Waals surface area contributed by atoms with Crippen molar-refractivity contribution >= 4 is 5.82 Å². The first kappa shape index (κ1) is 18.8. The molecule has 2 rings (SSSR count). The first-order chi connectivity index (χ1) is 12.0. The highest BCUT2D eigenvalue weighted by Crippen LogP contribution is 2.27. The number of methoxy groups -OCH3 is 1. The molecular weight excluding hydrogens is 319 g/mol. The van der Waals surface area contributed by atoms with Crippen LogP contribution in [0.2, 0.25) is 0 Å². The highest BCUT2D eigenvalue weighted by Gasteiger charge is 2.27. The second kappa shape index (κ2) is 8.54. The van der Waals surface area contributed by atoms with Crippen molar-refractivity contribution in [3.63, 3.8) is 0 Å². The minimum absolute atomic E-state index is 0.476. The van der Waals surface area contributed by atoms with Gasteiger partial charge in [-0.2, -0.15) is 9.65 Å². The Bertz CT molecular complexity index is 759. The van der Waals surface area contributed by atoms with Gasteiger partial charge in [-0.05, 0) is 37.5 Å². The highest BCUT2D eigenvalue weighted by molar-refractivity contribution is 5.64. The van der Waals surface area contributed by atoms with Gasteiger partial charge in [0, 0.05) is 38.1 Å². The summed E-state index contributed by atoms with van der Waals surface area (Å²) in [5, 5.41) is 12.8. The number of ether oxygens (including phenoxy) is 1. The lowest BCUT2D eigenvalue weighted by atomic mass is 9.83. The SMILES string of the molecule is CCC(C#N)(CCOC)CNc1cccc(-c2cc(F)ncc2C)n1. The lowest BCUT2D eigenvalue weighted by molar-refractivity contribution is 0.161. The van der Waals surface area contributed by atoms with E-state index in [4.69, 9.17) is 4.74 Å². The molecule has 2 aromatic rings. The van der Waals surface area contributed by atoms with Gasteiger partial charge in [-0.15, -0.1) is 0 Å². The molecule has 0 aliphatic rings. The zero-order chi connectivity index (χ0) is 18.3. The third-order valence-electron chi connectivity index (χ3n) is 4.40. The van der Waals surface area contributed by atoms with Gasteiger partial charge in [0.25, 0.3) is 0 Å². The predicted octanol–water partition coefficient (Wildman–Crippen LogP) is 3.96. The number of anilines is 1. The largest absolute Gasteiger partial charge is 0.385 e. The standard InChI is InChI=1S/C19H23FN4O/c1-4-19(12-21,8-9-25-3)13-23-18-7-5-6-16(24-18)15-10-17(20)22-11-14(15)2/h5-7,10-11H,4,8-9,13H2,1-3H3,(H,23,24). The normalized spacial score (nSPS) is 13.1. The maximum absolute atomic E-state index is 13.4. The lowest BCUT2D eigenvalue weighted by Crippen LogP contribution is -2.29. The summed E-state index contributed by atoms with van der Waals surface area (Å²) in [7, 11) is 1.63. The second-order valence-electron chi connectivity index (χ2n) is 6.07. The smallest absolute Gasteiger partial charge is 0.213 e. The van der Waals surface area contributed by atoms with E-state index in [0.29, 0.717) is 43.1 Å². The Kier molecular flexibility index (Phi) is 6.43. The molecule has 1 N–H and O–H groups in total. The zero-order valence-electron chi connectivity index (χ0n) is 14.8. The van der Waals surface area contributed by atoms with Crippen molar-refractivity contribution in [3.8, 4) is 17.3 Å². The fourth-order valence-electron chi connectivity index (χ4n) is 2.58. The summed E-state index contributed by atoms with van der Waals surface area (Å²) in [6, 6.07) is 9.31. The molecule has 0 bridgehead atoms. The molecule has 0 aliphatic carbocycles. The van der Waals surface area contributed by atoms with Crippen LogP contribution >= 0.6 is 0 Å². The molecular formula is C19H23FN4O. The molecule has 0 aliphatic heterocycles. The molecule has 0 amide bonds. The summed E-state index contributed by atoms with van der Waals surface area (Å²) < 4.78 is 18.6. The molecule has 0 radical (unpaired) electrons. The molecule has 1 unspecified atom stereocenters. The lowest BCUT2D eigenvalue weighted by Gasteiger charge is -2.25. The van der Waals surface area contributed by atoms with E-state index in [1.165, 1.54) is 12.3 Å². The Morgan fingerprint density at radius 2 is 2.20 bits per heavy atom. The van der Waals surface area contributed by atoms with E-state index >= 15 is 0 Å². The van der Waals surface area contributed by atoms with E-state index < -0.39 is 11.4 Å². The Morgan fingerprint density at radius 3 is 2.88 bits per heavy atom. The summed E-state index contributed by atoms with van der Waals surface area (Å²) >= 11 is 0. The van der Waals surface area contributed by atoms with Gasteiger partial charge in [-0.25, -0.2) is 9.97 Å². The molecule has 0 fully saturated rings. The molecule has 1 atom stereocenters. The summed E-state index contributed by atoms with van der Waals surface area (Å²) in [6.45, 7) is 4.87. The molecule has 2 heterocycles. The number of nitrogens with one attached hydrogen (secondary N) is 1. The Balaban J connectivity index is 2.19. The van der Waals surface area contributed by atoms with Crippen molar-refractivity contribution < 1.29 is 9.13 Å². The van der Waals surface area contributed by atoms with Crippen LogP contribution in [0.15, 0.2) is 30.5 Å². The molecule has 0 saturated carbocycles. The number of rotatable bonds is 8. The van der Waals surface area contributed by atoms with Crippen LogP contribution in [-0.4, -0.2) is 30.2 Å². The Hall–Kier alpha value is -2.52. The van der Waals surface area contributed by atoms with Crippen LogP contribution in [0.1, 0.15) is 25.3 Å². The molecule has 132 valence electrons. The number of hydrogen-bond donors (Lipinski definition) is 1. The third-order valence-corrected chi connectivity index (χ3v) is 4.40.